The average molecular weight is 314 g/mol. The third kappa shape index (κ3) is 3.65. The van der Waals surface area contributed by atoms with Gasteiger partial charge in [-0.3, -0.25) is 4.79 Å². The lowest BCUT2D eigenvalue weighted by atomic mass is 10.1. The van der Waals surface area contributed by atoms with Gasteiger partial charge >= 0.3 is 0 Å². The molecule has 1 heterocycles. The van der Waals surface area contributed by atoms with Crippen molar-refractivity contribution in [3.63, 3.8) is 0 Å². The Kier molecular flexibility index (Phi) is 4.39. The summed E-state index contributed by atoms with van der Waals surface area (Å²) in [6.45, 7) is 0.562. The SMILES string of the molecule is O=C(Cc1ccc(Cl)cc1)NCCc1nc2ccccc2[nH]1. The van der Waals surface area contributed by atoms with Gasteiger partial charge in [-0.15, -0.1) is 0 Å². The highest BCUT2D eigenvalue weighted by molar-refractivity contribution is 6.30. The number of para-hydroxylation sites is 2. The predicted molar refractivity (Wildman–Crippen MR) is 88.0 cm³/mol. The number of imidazole rings is 1. The Morgan fingerprint density at radius 2 is 1.91 bits per heavy atom. The van der Waals surface area contributed by atoms with Crippen LogP contribution in [-0.4, -0.2) is 22.4 Å². The van der Waals surface area contributed by atoms with Gasteiger partial charge in [-0.2, -0.15) is 0 Å². The molecule has 3 aromatic rings. The fourth-order valence-electron chi connectivity index (χ4n) is 2.29. The molecule has 0 aliphatic rings. The van der Waals surface area contributed by atoms with Gasteiger partial charge in [0.2, 0.25) is 5.91 Å². The van der Waals surface area contributed by atoms with Crippen LogP contribution in [0.2, 0.25) is 5.02 Å². The lowest BCUT2D eigenvalue weighted by Crippen LogP contribution is -2.27. The van der Waals surface area contributed by atoms with Crippen LogP contribution in [0.3, 0.4) is 0 Å². The summed E-state index contributed by atoms with van der Waals surface area (Å²) in [5.74, 6) is 0.881. The largest absolute Gasteiger partial charge is 0.355 e. The van der Waals surface area contributed by atoms with Gasteiger partial charge in [0.1, 0.15) is 5.82 Å². The molecular weight excluding hydrogens is 298 g/mol. The van der Waals surface area contributed by atoms with Crippen LogP contribution in [0, 0.1) is 0 Å². The Labute approximate surface area is 133 Å². The molecule has 0 aliphatic heterocycles. The van der Waals surface area contributed by atoms with Gasteiger partial charge in [-0.05, 0) is 29.8 Å². The quantitative estimate of drug-likeness (QED) is 0.760. The van der Waals surface area contributed by atoms with E-state index in [2.05, 4.69) is 15.3 Å². The number of H-pyrrole nitrogens is 1. The fraction of sp³-hybridized carbons (Fsp3) is 0.176. The zero-order valence-corrected chi connectivity index (χ0v) is 12.7. The van der Waals surface area contributed by atoms with E-state index >= 15 is 0 Å². The van der Waals surface area contributed by atoms with Gasteiger partial charge in [-0.25, -0.2) is 4.98 Å². The number of nitrogens with zero attached hydrogens (tertiary/aromatic N) is 1. The summed E-state index contributed by atoms with van der Waals surface area (Å²) in [5.41, 5.74) is 2.92. The molecular formula is C17H16ClN3O. The summed E-state index contributed by atoms with van der Waals surface area (Å²) in [6, 6.07) is 15.2. The molecule has 0 atom stereocenters. The third-order valence-corrected chi connectivity index (χ3v) is 3.65. The summed E-state index contributed by atoms with van der Waals surface area (Å²) < 4.78 is 0. The number of rotatable bonds is 5. The first-order valence-electron chi connectivity index (χ1n) is 7.15. The molecule has 2 aromatic carbocycles. The minimum absolute atomic E-state index is 0.00145. The molecule has 0 bridgehead atoms. The topological polar surface area (TPSA) is 57.8 Å². The zero-order chi connectivity index (χ0) is 15.4. The highest BCUT2D eigenvalue weighted by Crippen LogP contribution is 2.11. The second-order valence-corrected chi connectivity index (χ2v) is 5.54. The first-order valence-corrected chi connectivity index (χ1v) is 7.53. The van der Waals surface area contributed by atoms with Crippen molar-refractivity contribution in [1.29, 1.82) is 0 Å². The molecule has 4 nitrogen and oxygen atoms in total. The van der Waals surface area contributed by atoms with E-state index in [4.69, 9.17) is 11.6 Å². The van der Waals surface area contributed by atoms with Crippen LogP contribution in [-0.2, 0) is 17.6 Å². The molecule has 112 valence electrons. The Morgan fingerprint density at radius 3 is 2.68 bits per heavy atom. The van der Waals surface area contributed by atoms with Crippen molar-refractivity contribution >= 4 is 28.5 Å². The zero-order valence-electron chi connectivity index (χ0n) is 12.0. The molecule has 1 aromatic heterocycles. The molecule has 0 unspecified atom stereocenters. The van der Waals surface area contributed by atoms with E-state index in [0.717, 1.165) is 22.4 Å². The molecule has 0 spiro atoms. The van der Waals surface area contributed by atoms with E-state index in [0.29, 0.717) is 24.4 Å². The van der Waals surface area contributed by atoms with Crippen molar-refractivity contribution in [1.82, 2.24) is 15.3 Å². The van der Waals surface area contributed by atoms with Gasteiger partial charge in [0.05, 0.1) is 17.5 Å². The predicted octanol–water partition coefficient (Wildman–Crippen LogP) is 3.12. The number of aromatic nitrogens is 2. The standard InChI is InChI=1S/C17H16ClN3O/c18-13-7-5-12(6-8-13)11-17(22)19-10-9-16-20-14-3-1-2-4-15(14)21-16/h1-8H,9-11H2,(H,19,22)(H,20,21). The summed E-state index contributed by atoms with van der Waals surface area (Å²) in [6.07, 6.45) is 1.04. The number of fused-ring (bicyclic) bond motifs is 1. The maximum absolute atomic E-state index is 11.9. The summed E-state index contributed by atoms with van der Waals surface area (Å²) in [4.78, 5) is 19.6. The Balaban J connectivity index is 1.49. The first kappa shape index (κ1) is 14.6. The molecule has 0 aliphatic carbocycles. The molecule has 2 N–H and O–H groups in total. The van der Waals surface area contributed by atoms with E-state index in [1.165, 1.54) is 0 Å². The smallest absolute Gasteiger partial charge is 0.224 e. The Hall–Kier alpha value is -2.33. The average Bonchev–Trinajstić information content (AvgIpc) is 2.92. The van der Waals surface area contributed by atoms with Gasteiger partial charge in [0.15, 0.2) is 0 Å². The van der Waals surface area contributed by atoms with Crippen LogP contribution in [0.4, 0.5) is 0 Å². The molecule has 0 radical (unpaired) electrons. The molecule has 0 saturated carbocycles. The monoisotopic (exact) mass is 313 g/mol. The minimum atomic E-state index is -0.00145. The fourth-order valence-corrected chi connectivity index (χ4v) is 2.42. The van der Waals surface area contributed by atoms with Crippen LogP contribution in [0.1, 0.15) is 11.4 Å². The normalized spacial score (nSPS) is 10.8. The number of aromatic amines is 1. The van der Waals surface area contributed by atoms with E-state index < -0.39 is 0 Å². The van der Waals surface area contributed by atoms with Crippen molar-refractivity contribution in [2.75, 3.05) is 6.54 Å². The van der Waals surface area contributed by atoms with Crippen molar-refractivity contribution in [2.24, 2.45) is 0 Å². The number of hydrogen-bond donors (Lipinski definition) is 2. The molecule has 1 amide bonds. The molecule has 0 saturated heterocycles. The Bertz CT molecular complexity index is 747. The molecule has 22 heavy (non-hydrogen) atoms. The highest BCUT2D eigenvalue weighted by atomic mass is 35.5. The third-order valence-electron chi connectivity index (χ3n) is 3.40. The maximum Gasteiger partial charge on any atom is 0.224 e. The number of carbonyl (C=O) groups excluding carboxylic acids is 1. The second kappa shape index (κ2) is 6.62. The molecule has 0 fully saturated rings. The summed E-state index contributed by atoms with van der Waals surface area (Å²) >= 11 is 5.82. The van der Waals surface area contributed by atoms with Gasteiger partial charge in [-0.1, -0.05) is 35.9 Å². The van der Waals surface area contributed by atoms with Crippen LogP contribution < -0.4 is 5.32 Å². The van der Waals surface area contributed by atoms with Crippen molar-refractivity contribution in [2.45, 2.75) is 12.8 Å². The molecule has 5 heteroatoms. The van der Waals surface area contributed by atoms with E-state index in [1.54, 1.807) is 12.1 Å². The highest BCUT2D eigenvalue weighted by Gasteiger charge is 2.05. The van der Waals surface area contributed by atoms with Gasteiger partial charge < -0.3 is 10.3 Å². The van der Waals surface area contributed by atoms with E-state index in [1.807, 2.05) is 36.4 Å². The second-order valence-electron chi connectivity index (χ2n) is 5.10. The summed E-state index contributed by atoms with van der Waals surface area (Å²) in [7, 11) is 0. The number of halogens is 1. The summed E-state index contributed by atoms with van der Waals surface area (Å²) in [5, 5.41) is 3.58. The number of nitrogens with one attached hydrogen (secondary N) is 2. The lowest BCUT2D eigenvalue weighted by Gasteiger charge is -2.04. The molecule has 3 rings (SSSR count). The minimum Gasteiger partial charge on any atom is -0.355 e. The van der Waals surface area contributed by atoms with Gasteiger partial charge in [0, 0.05) is 18.0 Å². The number of carbonyl (C=O) groups is 1. The maximum atomic E-state index is 11.9. The van der Waals surface area contributed by atoms with Crippen molar-refractivity contribution in [3.05, 3.63) is 64.9 Å². The van der Waals surface area contributed by atoms with Crippen molar-refractivity contribution < 1.29 is 4.79 Å². The van der Waals surface area contributed by atoms with Crippen LogP contribution in [0.5, 0.6) is 0 Å². The van der Waals surface area contributed by atoms with E-state index in [9.17, 15) is 4.79 Å². The number of hydrogen-bond acceptors (Lipinski definition) is 2. The lowest BCUT2D eigenvalue weighted by molar-refractivity contribution is -0.120. The van der Waals surface area contributed by atoms with E-state index in [-0.39, 0.29) is 5.91 Å². The van der Waals surface area contributed by atoms with Crippen LogP contribution >= 0.6 is 11.6 Å². The first-order chi connectivity index (χ1) is 10.7. The number of amides is 1. The van der Waals surface area contributed by atoms with Gasteiger partial charge in [0.25, 0.3) is 0 Å². The van der Waals surface area contributed by atoms with Crippen LogP contribution in [0.15, 0.2) is 48.5 Å². The Morgan fingerprint density at radius 1 is 1.14 bits per heavy atom. The number of benzene rings is 2. The van der Waals surface area contributed by atoms with Crippen LogP contribution in [0.25, 0.3) is 11.0 Å². The van der Waals surface area contributed by atoms with Crippen molar-refractivity contribution in [3.8, 4) is 0 Å².